The first-order valence-corrected chi connectivity index (χ1v) is 5.20. The van der Waals surface area contributed by atoms with Gasteiger partial charge in [0.05, 0.1) is 0 Å². The van der Waals surface area contributed by atoms with E-state index in [-0.39, 0.29) is 18.3 Å². The first-order valence-electron chi connectivity index (χ1n) is 5.20. The van der Waals surface area contributed by atoms with E-state index in [4.69, 9.17) is 5.73 Å². The van der Waals surface area contributed by atoms with Crippen LogP contribution in [0, 0.1) is 13.8 Å². The molecule has 0 unspecified atom stereocenters. The molecule has 0 saturated carbocycles. The topological polar surface area (TPSA) is 55.1 Å². The Labute approximate surface area is 103 Å². The van der Waals surface area contributed by atoms with Gasteiger partial charge in [-0.1, -0.05) is 6.07 Å². The molecule has 0 spiro atoms. The molecule has 16 heavy (non-hydrogen) atoms. The highest BCUT2D eigenvalue weighted by Crippen LogP contribution is 2.14. The molecule has 0 heterocycles. The van der Waals surface area contributed by atoms with E-state index in [1.54, 1.807) is 0 Å². The fourth-order valence-electron chi connectivity index (χ4n) is 1.31. The summed E-state index contributed by atoms with van der Waals surface area (Å²) < 4.78 is 0. The van der Waals surface area contributed by atoms with Crippen LogP contribution in [0.5, 0.6) is 0 Å². The zero-order valence-corrected chi connectivity index (χ0v) is 10.6. The minimum absolute atomic E-state index is 0. The molecule has 3 nitrogen and oxygen atoms in total. The fourth-order valence-corrected chi connectivity index (χ4v) is 1.31. The summed E-state index contributed by atoms with van der Waals surface area (Å²) in [5.41, 5.74) is 8.61. The van der Waals surface area contributed by atoms with Crippen LogP contribution in [0.25, 0.3) is 0 Å². The zero-order chi connectivity index (χ0) is 11.3. The third kappa shape index (κ3) is 4.64. The normalized spacial score (nSPS) is 9.44. The molecule has 0 fully saturated rings. The van der Waals surface area contributed by atoms with Gasteiger partial charge >= 0.3 is 0 Å². The van der Waals surface area contributed by atoms with Crippen molar-refractivity contribution >= 4 is 24.0 Å². The Morgan fingerprint density at radius 1 is 1.31 bits per heavy atom. The van der Waals surface area contributed by atoms with E-state index < -0.39 is 0 Å². The second kappa shape index (κ2) is 7.25. The van der Waals surface area contributed by atoms with E-state index in [0.29, 0.717) is 13.0 Å². The van der Waals surface area contributed by atoms with Gasteiger partial charge in [0.15, 0.2) is 0 Å². The van der Waals surface area contributed by atoms with Crippen LogP contribution in [0.1, 0.15) is 24.0 Å². The van der Waals surface area contributed by atoms with Crippen molar-refractivity contribution in [2.24, 2.45) is 5.73 Å². The van der Waals surface area contributed by atoms with Crippen LogP contribution in [0.3, 0.4) is 0 Å². The third-order valence-electron chi connectivity index (χ3n) is 2.40. The summed E-state index contributed by atoms with van der Waals surface area (Å²) in [4.78, 5) is 11.4. The van der Waals surface area contributed by atoms with Gasteiger partial charge < -0.3 is 11.1 Å². The van der Waals surface area contributed by atoms with Crippen molar-refractivity contribution in [1.82, 2.24) is 0 Å². The fraction of sp³-hybridized carbons (Fsp3) is 0.417. The molecular formula is C12H19ClN2O. The van der Waals surface area contributed by atoms with Crippen molar-refractivity contribution < 1.29 is 4.79 Å². The molecule has 1 aromatic carbocycles. The maximum Gasteiger partial charge on any atom is 0.224 e. The molecule has 3 N–H and O–H groups in total. The summed E-state index contributed by atoms with van der Waals surface area (Å²) in [6.45, 7) is 4.64. The van der Waals surface area contributed by atoms with Crippen molar-refractivity contribution in [3.63, 3.8) is 0 Å². The highest BCUT2D eigenvalue weighted by atomic mass is 35.5. The molecule has 0 saturated heterocycles. The number of benzene rings is 1. The third-order valence-corrected chi connectivity index (χ3v) is 2.40. The number of hydrogen-bond donors (Lipinski definition) is 2. The van der Waals surface area contributed by atoms with Crippen molar-refractivity contribution in [2.45, 2.75) is 26.7 Å². The lowest BCUT2D eigenvalue weighted by Crippen LogP contribution is -2.13. The molecular weight excluding hydrogens is 224 g/mol. The van der Waals surface area contributed by atoms with Gasteiger partial charge in [-0.15, -0.1) is 12.4 Å². The van der Waals surface area contributed by atoms with Gasteiger partial charge in [0, 0.05) is 12.1 Å². The second-order valence-corrected chi connectivity index (χ2v) is 3.74. The lowest BCUT2D eigenvalue weighted by molar-refractivity contribution is -0.116. The van der Waals surface area contributed by atoms with Gasteiger partial charge in [-0.25, -0.2) is 0 Å². The second-order valence-electron chi connectivity index (χ2n) is 3.74. The van der Waals surface area contributed by atoms with Crippen molar-refractivity contribution in [3.05, 3.63) is 29.3 Å². The van der Waals surface area contributed by atoms with Crippen LogP contribution in [0.4, 0.5) is 5.69 Å². The van der Waals surface area contributed by atoms with Gasteiger partial charge in [0.2, 0.25) is 5.91 Å². The lowest BCUT2D eigenvalue weighted by atomic mass is 10.1. The molecule has 0 aliphatic rings. The first kappa shape index (κ1) is 14.9. The minimum atomic E-state index is 0. The van der Waals surface area contributed by atoms with Crippen molar-refractivity contribution in [2.75, 3.05) is 11.9 Å². The SMILES string of the molecule is Cc1ccc(NC(=O)CCCN)cc1C.Cl. The van der Waals surface area contributed by atoms with E-state index in [1.165, 1.54) is 11.1 Å². The average Bonchev–Trinajstić information content (AvgIpc) is 2.20. The molecule has 1 rings (SSSR count). The molecule has 4 heteroatoms. The number of rotatable bonds is 4. The van der Waals surface area contributed by atoms with Gasteiger partial charge in [-0.2, -0.15) is 0 Å². The van der Waals surface area contributed by atoms with E-state index >= 15 is 0 Å². The number of aryl methyl sites for hydroxylation is 2. The van der Waals surface area contributed by atoms with Crippen molar-refractivity contribution in [1.29, 1.82) is 0 Å². The summed E-state index contributed by atoms with van der Waals surface area (Å²) in [6.07, 6.45) is 1.22. The average molecular weight is 243 g/mol. The van der Waals surface area contributed by atoms with Gasteiger partial charge in [-0.3, -0.25) is 4.79 Å². The van der Waals surface area contributed by atoms with Gasteiger partial charge in [-0.05, 0) is 50.1 Å². The minimum Gasteiger partial charge on any atom is -0.330 e. The summed E-state index contributed by atoms with van der Waals surface area (Å²) in [7, 11) is 0. The van der Waals surface area contributed by atoms with E-state index in [0.717, 1.165) is 12.1 Å². The van der Waals surface area contributed by atoms with Gasteiger partial charge in [0.1, 0.15) is 0 Å². The monoisotopic (exact) mass is 242 g/mol. The molecule has 0 aromatic heterocycles. The first-order chi connectivity index (χ1) is 7.13. The van der Waals surface area contributed by atoms with E-state index in [1.807, 2.05) is 25.1 Å². The number of nitrogens with one attached hydrogen (secondary N) is 1. The number of anilines is 1. The number of carbonyl (C=O) groups excluding carboxylic acids is 1. The maximum absolute atomic E-state index is 11.4. The molecule has 0 bridgehead atoms. The summed E-state index contributed by atoms with van der Waals surface area (Å²) in [5.74, 6) is 0.0312. The van der Waals surface area contributed by atoms with E-state index in [9.17, 15) is 4.79 Å². The van der Waals surface area contributed by atoms with Crippen LogP contribution in [0.2, 0.25) is 0 Å². The standard InChI is InChI=1S/C12H18N2O.ClH/c1-9-5-6-11(8-10(9)2)14-12(15)4-3-7-13;/h5-6,8H,3-4,7,13H2,1-2H3,(H,14,15);1H. The molecule has 0 radical (unpaired) electrons. The Balaban J connectivity index is 0.00000225. The molecule has 90 valence electrons. The van der Waals surface area contributed by atoms with Crippen molar-refractivity contribution in [3.8, 4) is 0 Å². The maximum atomic E-state index is 11.4. The smallest absolute Gasteiger partial charge is 0.224 e. The van der Waals surface area contributed by atoms with Crippen LogP contribution >= 0.6 is 12.4 Å². The summed E-state index contributed by atoms with van der Waals surface area (Å²) in [5, 5.41) is 2.85. The molecule has 0 aliphatic carbocycles. The number of hydrogen-bond acceptors (Lipinski definition) is 2. The number of nitrogens with two attached hydrogens (primary N) is 1. The van der Waals surface area contributed by atoms with Crippen LogP contribution < -0.4 is 11.1 Å². The van der Waals surface area contributed by atoms with Gasteiger partial charge in [0.25, 0.3) is 0 Å². The number of amides is 1. The summed E-state index contributed by atoms with van der Waals surface area (Å²) in [6, 6.07) is 5.91. The highest BCUT2D eigenvalue weighted by Gasteiger charge is 2.02. The quantitative estimate of drug-likeness (QED) is 0.852. The largest absolute Gasteiger partial charge is 0.330 e. The number of carbonyl (C=O) groups is 1. The Morgan fingerprint density at radius 2 is 2.00 bits per heavy atom. The predicted molar refractivity (Wildman–Crippen MR) is 70.1 cm³/mol. The molecule has 1 aromatic rings. The lowest BCUT2D eigenvalue weighted by Gasteiger charge is -2.07. The Kier molecular flexibility index (Phi) is 6.77. The van der Waals surface area contributed by atoms with Crippen LogP contribution in [-0.2, 0) is 4.79 Å². The van der Waals surface area contributed by atoms with E-state index in [2.05, 4.69) is 12.2 Å². The molecule has 0 aliphatic heterocycles. The van der Waals surface area contributed by atoms with Crippen LogP contribution in [-0.4, -0.2) is 12.5 Å². The molecule has 0 atom stereocenters. The predicted octanol–water partition coefficient (Wildman–Crippen LogP) is 2.40. The Morgan fingerprint density at radius 3 is 2.56 bits per heavy atom. The Bertz CT molecular complexity index is 353. The number of halogens is 1. The Hall–Kier alpha value is -1.06. The highest BCUT2D eigenvalue weighted by molar-refractivity contribution is 5.90. The summed E-state index contributed by atoms with van der Waals surface area (Å²) >= 11 is 0. The van der Waals surface area contributed by atoms with Crippen LogP contribution in [0.15, 0.2) is 18.2 Å². The zero-order valence-electron chi connectivity index (χ0n) is 9.75. The molecule has 1 amide bonds.